The third-order valence-electron chi connectivity index (χ3n) is 3.52. The van der Waals surface area contributed by atoms with Crippen molar-refractivity contribution in [3.8, 4) is 5.75 Å². The summed E-state index contributed by atoms with van der Waals surface area (Å²) in [5.74, 6) is 6.97. The molecule has 2 rings (SSSR count). The quantitative estimate of drug-likeness (QED) is 0.616. The van der Waals surface area contributed by atoms with E-state index < -0.39 is 0 Å². The second-order valence-corrected chi connectivity index (χ2v) is 4.45. The van der Waals surface area contributed by atoms with Gasteiger partial charge in [-0.2, -0.15) is 0 Å². The summed E-state index contributed by atoms with van der Waals surface area (Å²) in [6.45, 7) is 2.92. The van der Waals surface area contributed by atoms with Gasteiger partial charge in [0.15, 0.2) is 0 Å². The van der Waals surface area contributed by atoms with Gasteiger partial charge in [-0.05, 0) is 31.0 Å². The van der Waals surface area contributed by atoms with E-state index in [4.69, 9.17) is 15.3 Å². The summed E-state index contributed by atoms with van der Waals surface area (Å²) in [6, 6.07) is 8.15. The van der Waals surface area contributed by atoms with Gasteiger partial charge in [0.1, 0.15) is 5.75 Å². The molecule has 4 nitrogen and oxygen atoms in total. The number of nitrogens with two attached hydrogens (primary N) is 1. The van der Waals surface area contributed by atoms with Gasteiger partial charge in [0.05, 0.1) is 19.3 Å². The van der Waals surface area contributed by atoms with Crippen LogP contribution in [0.1, 0.15) is 24.9 Å². The predicted molar refractivity (Wildman–Crippen MR) is 66.6 cm³/mol. The number of hydrazine groups is 1. The maximum absolute atomic E-state index is 5.68. The SMILES string of the molecule is COc1ccc(C(NN)C2CCOC2C)cc1. The van der Waals surface area contributed by atoms with Crippen LogP contribution in [0.4, 0.5) is 0 Å². The van der Waals surface area contributed by atoms with E-state index in [1.54, 1.807) is 7.11 Å². The smallest absolute Gasteiger partial charge is 0.118 e. The molecule has 1 aromatic rings. The topological polar surface area (TPSA) is 56.5 Å². The van der Waals surface area contributed by atoms with Gasteiger partial charge in [-0.25, -0.2) is 0 Å². The van der Waals surface area contributed by atoms with E-state index in [-0.39, 0.29) is 12.1 Å². The fourth-order valence-corrected chi connectivity index (χ4v) is 2.46. The first-order valence-electron chi connectivity index (χ1n) is 5.98. The Morgan fingerprint density at radius 1 is 1.41 bits per heavy atom. The maximum Gasteiger partial charge on any atom is 0.118 e. The van der Waals surface area contributed by atoms with Crippen LogP contribution < -0.4 is 16.0 Å². The van der Waals surface area contributed by atoms with Crippen LogP contribution in [0.5, 0.6) is 5.75 Å². The first-order valence-corrected chi connectivity index (χ1v) is 5.98. The van der Waals surface area contributed by atoms with Gasteiger partial charge in [0, 0.05) is 12.5 Å². The van der Waals surface area contributed by atoms with Crippen molar-refractivity contribution in [1.82, 2.24) is 5.43 Å². The lowest BCUT2D eigenvalue weighted by atomic mass is 9.89. The van der Waals surface area contributed by atoms with Crippen molar-refractivity contribution in [3.63, 3.8) is 0 Å². The second kappa shape index (κ2) is 5.49. The van der Waals surface area contributed by atoms with Gasteiger partial charge < -0.3 is 9.47 Å². The first kappa shape index (κ1) is 12.4. The highest BCUT2D eigenvalue weighted by atomic mass is 16.5. The summed E-state index contributed by atoms with van der Waals surface area (Å²) in [5, 5.41) is 0. The Morgan fingerprint density at radius 2 is 2.12 bits per heavy atom. The van der Waals surface area contributed by atoms with E-state index in [1.807, 2.05) is 12.1 Å². The number of ether oxygens (including phenoxy) is 2. The monoisotopic (exact) mass is 236 g/mol. The molecule has 94 valence electrons. The van der Waals surface area contributed by atoms with Crippen molar-refractivity contribution in [1.29, 1.82) is 0 Å². The lowest BCUT2D eigenvalue weighted by molar-refractivity contribution is 0.0954. The van der Waals surface area contributed by atoms with Gasteiger partial charge in [-0.1, -0.05) is 12.1 Å². The van der Waals surface area contributed by atoms with Crippen molar-refractivity contribution >= 4 is 0 Å². The van der Waals surface area contributed by atoms with Crippen LogP contribution in [-0.4, -0.2) is 19.8 Å². The predicted octanol–water partition coefficient (Wildman–Crippen LogP) is 1.62. The van der Waals surface area contributed by atoms with E-state index in [0.717, 1.165) is 18.8 Å². The van der Waals surface area contributed by atoms with Gasteiger partial charge in [-0.15, -0.1) is 0 Å². The molecule has 0 amide bonds. The molecule has 0 bridgehead atoms. The molecule has 0 aliphatic carbocycles. The second-order valence-electron chi connectivity index (χ2n) is 4.45. The molecule has 4 heteroatoms. The number of nitrogens with one attached hydrogen (secondary N) is 1. The van der Waals surface area contributed by atoms with Crippen LogP contribution in [0.3, 0.4) is 0 Å². The van der Waals surface area contributed by atoms with Gasteiger partial charge in [-0.3, -0.25) is 11.3 Å². The number of hydrogen-bond donors (Lipinski definition) is 2. The minimum Gasteiger partial charge on any atom is -0.497 e. The molecular weight excluding hydrogens is 216 g/mol. The summed E-state index contributed by atoms with van der Waals surface area (Å²) in [7, 11) is 1.67. The van der Waals surface area contributed by atoms with E-state index >= 15 is 0 Å². The Morgan fingerprint density at radius 3 is 2.59 bits per heavy atom. The summed E-state index contributed by atoms with van der Waals surface area (Å²) in [5.41, 5.74) is 4.08. The number of rotatable bonds is 4. The van der Waals surface area contributed by atoms with Crippen LogP contribution in [-0.2, 0) is 4.74 Å². The van der Waals surface area contributed by atoms with E-state index in [1.165, 1.54) is 5.56 Å². The molecule has 0 saturated carbocycles. The molecule has 1 heterocycles. The Kier molecular flexibility index (Phi) is 3.99. The number of hydrogen-bond acceptors (Lipinski definition) is 4. The highest BCUT2D eigenvalue weighted by Crippen LogP contribution is 2.33. The van der Waals surface area contributed by atoms with Crippen LogP contribution in [0.25, 0.3) is 0 Å². The van der Waals surface area contributed by atoms with Crippen LogP contribution in [0.15, 0.2) is 24.3 Å². The van der Waals surface area contributed by atoms with Gasteiger partial charge >= 0.3 is 0 Å². The zero-order chi connectivity index (χ0) is 12.3. The molecule has 0 aromatic heterocycles. The Balaban J connectivity index is 2.16. The highest BCUT2D eigenvalue weighted by molar-refractivity contribution is 5.29. The zero-order valence-electron chi connectivity index (χ0n) is 10.3. The molecule has 1 saturated heterocycles. The maximum atomic E-state index is 5.68. The van der Waals surface area contributed by atoms with Crippen molar-refractivity contribution in [2.24, 2.45) is 11.8 Å². The van der Waals surface area contributed by atoms with Crippen molar-refractivity contribution in [2.75, 3.05) is 13.7 Å². The Labute approximate surface area is 102 Å². The highest BCUT2D eigenvalue weighted by Gasteiger charge is 2.32. The Bertz CT molecular complexity index is 353. The molecule has 0 spiro atoms. The minimum absolute atomic E-state index is 0.137. The third-order valence-corrected chi connectivity index (χ3v) is 3.52. The first-order chi connectivity index (χ1) is 8.26. The fourth-order valence-electron chi connectivity index (χ4n) is 2.46. The van der Waals surface area contributed by atoms with Crippen molar-refractivity contribution < 1.29 is 9.47 Å². The summed E-state index contributed by atoms with van der Waals surface area (Å²) >= 11 is 0. The molecule has 1 aliphatic heterocycles. The van der Waals surface area contributed by atoms with Crippen molar-refractivity contribution in [2.45, 2.75) is 25.5 Å². The average Bonchev–Trinajstić information content (AvgIpc) is 2.78. The molecule has 17 heavy (non-hydrogen) atoms. The zero-order valence-corrected chi connectivity index (χ0v) is 10.3. The minimum atomic E-state index is 0.137. The molecule has 1 aliphatic rings. The van der Waals surface area contributed by atoms with E-state index in [9.17, 15) is 0 Å². The molecular formula is C13H20N2O2. The summed E-state index contributed by atoms with van der Waals surface area (Å²) in [6.07, 6.45) is 1.29. The summed E-state index contributed by atoms with van der Waals surface area (Å²) < 4.78 is 10.7. The molecule has 3 unspecified atom stereocenters. The molecule has 1 aromatic carbocycles. The summed E-state index contributed by atoms with van der Waals surface area (Å²) in [4.78, 5) is 0. The molecule has 0 radical (unpaired) electrons. The molecule has 3 N–H and O–H groups in total. The number of methoxy groups -OCH3 is 1. The van der Waals surface area contributed by atoms with Crippen molar-refractivity contribution in [3.05, 3.63) is 29.8 Å². The van der Waals surface area contributed by atoms with Crippen LogP contribution in [0, 0.1) is 5.92 Å². The van der Waals surface area contributed by atoms with E-state index in [0.29, 0.717) is 5.92 Å². The normalized spacial score (nSPS) is 25.8. The average molecular weight is 236 g/mol. The molecule has 3 atom stereocenters. The van der Waals surface area contributed by atoms with Crippen LogP contribution in [0.2, 0.25) is 0 Å². The van der Waals surface area contributed by atoms with Crippen LogP contribution >= 0.6 is 0 Å². The fraction of sp³-hybridized carbons (Fsp3) is 0.538. The third kappa shape index (κ3) is 2.60. The van der Waals surface area contributed by atoms with E-state index in [2.05, 4.69) is 24.5 Å². The Hall–Kier alpha value is -1.10. The number of benzene rings is 1. The standard InChI is InChI=1S/C13H20N2O2/c1-9-12(7-8-17-9)13(15-14)10-3-5-11(16-2)6-4-10/h3-6,9,12-13,15H,7-8,14H2,1-2H3. The van der Waals surface area contributed by atoms with Gasteiger partial charge in [0.2, 0.25) is 0 Å². The molecule has 1 fully saturated rings. The van der Waals surface area contributed by atoms with Gasteiger partial charge in [0.25, 0.3) is 0 Å². The lowest BCUT2D eigenvalue weighted by Crippen LogP contribution is -2.36. The largest absolute Gasteiger partial charge is 0.497 e. The lowest BCUT2D eigenvalue weighted by Gasteiger charge is -2.25.